The first-order valence-electron chi connectivity index (χ1n) is 8.65. The second-order valence-electron chi connectivity index (χ2n) is 6.01. The van der Waals surface area contributed by atoms with Crippen LogP contribution >= 0.6 is 23.1 Å². The van der Waals surface area contributed by atoms with E-state index in [1.54, 1.807) is 13.3 Å². The van der Waals surface area contributed by atoms with Crippen molar-refractivity contribution in [3.8, 4) is 11.4 Å². The molecular formula is C20H18N4O2S2. The highest BCUT2D eigenvalue weighted by molar-refractivity contribution is 8.00. The van der Waals surface area contributed by atoms with Gasteiger partial charge in [-0.3, -0.25) is 9.36 Å². The van der Waals surface area contributed by atoms with Crippen LogP contribution in [0, 0.1) is 0 Å². The van der Waals surface area contributed by atoms with E-state index in [0.717, 1.165) is 26.8 Å². The number of hydrogen-bond acceptors (Lipinski definition) is 6. The van der Waals surface area contributed by atoms with Crippen LogP contribution in [0.25, 0.3) is 15.9 Å². The second-order valence-corrected chi connectivity index (χ2v) is 8.35. The van der Waals surface area contributed by atoms with Crippen molar-refractivity contribution in [3.05, 3.63) is 60.9 Å². The molecule has 1 unspecified atom stereocenters. The van der Waals surface area contributed by atoms with Crippen LogP contribution in [0.15, 0.2) is 66.1 Å². The molecule has 142 valence electrons. The Morgan fingerprint density at radius 2 is 2.00 bits per heavy atom. The van der Waals surface area contributed by atoms with Gasteiger partial charge in [-0.05, 0) is 43.3 Å². The Bertz CT molecular complexity index is 1070. The van der Waals surface area contributed by atoms with Crippen LogP contribution in [0.5, 0.6) is 5.75 Å². The molecule has 0 aliphatic heterocycles. The molecule has 28 heavy (non-hydrogen) atoms. The Hall–Kier alpha value is -2.84. The maximum Gasteiger partial charge on any atom is 0.239 e. The number of thioether (sulfide) groups is 1. The molecule has 8 heteroatoms. The van der Waals surface area contributed by atoms with Crippen LogP contribution < -0.4 is 10.1 Å². The van der Waals surface area contributed by atoms with Gasteiger partial charge >= 0.3 is 0 Å². The van der Waals surface area contributed by atoms with Crippen LogP contribution in [-0.2, 0) is 4.79 Å². The molecule has 2 aromatic heterocycles. The van der Waals surface area contributed by atoms with Crippen molar-refractivity contribution in [3.63, 3.8) is 0 Å². The lowest BCUT2D eigenvalue weighted by Gasteiger charge is -2.12. The van der Waals surface area contributed by atoms with Crippen LogP contribution in [0.4, 0.5) is 5.13 Å². The number of amides is 1. The molecule has 0 fully saturated rings. The smallest absolute Gasteiger partial charge is 0.239 e. The number of para-hydroxylation sites is 1. The summed E-state index contributed by atoms with van der Waals surface area (Å²) in [7, 11) is 1.64. The monoisotopic (exact) mass is 410 g/mol. The van der Waals surface area contributed by atoms with Crippen molar-refractivity contribution in [1.82, 2.24) is 14.5 Å². The molecule has 4 aromatic rings. The van der Waals surface area contributed by atoms with E-state index < -0.39 is 0 Å². The lowest BCUT2D eigenvalue weighted by Crippen LogP contribution is -2.22. The van der Waals surface area contributed by atoms with Crippen LogP contribution in [0.2, 0.25) is 0 Å². The summed E-state index contributed by atoms with van der Waals surface area (Å²) >= 11 is 2.87. The minimum atomic E-state index is -0.327. The maximum absolute atomic E-state index is 12.6. The molecule has 0 saturated carbocycles. The van der Waals surface area contributed by atoms with E-state index in [2.05, 4.69) is 15.3 Å². The van der Waals surface area contributed by atoms with E-state index >= 15 is 0 Å². The highest BCUT2D eigenvalue weighted by Gasteiger charge is 2.19. The van der Waals surface area contributed by atoms with E-state index in [1.165, 1.54) is 23.1 Å². The number of nitrogens with one attached hydrogen (secondary N) is 1. The number of benzene rings is 2. The zero-order valence-electron chi connectivity index (χ0n) is 15.3. The first-order valence-corrected chi connectivity index (χ1v) is 10.3. The van der Waals surface area contributed by atoms with E-state index in [-0.39, 0.29) is 11.2 Å². The van der Waals surface area contributed by atoms with Gasteiger partial charge in [0.1, 0.15) is 5.75 Å². The lowest BCUT2D eigenvalue weighted by molar-refractivity contribution is -0.115. The fraction of sp³-hybridized carbons (Fsp3) is 0.150. The number of carbonyl (C=O) groups is 1. The summed E-state index contributed by atoms with van der Waals surface area (Å²) in [5, 5.41) is 3.94. The molecule has 0 aliphatic rings. The lowest BCUT2D eigenvalue weighted by atomic mass is 10.3. The third-order valence-electron chi connectivity index (χ3n) is 4.13. The normalized spacial score (nSPS) is 12.1. The molecule has 0 radical (unpaired) electrons. The van der Waals surface area contributed by atoms with Gasteiger partial charge in [0.2, 0.25) is 5.91 Å². The Kier molecular flexibility index (Phi) is 5.31. The molecule has 2 heterocycles. The number of ether oxygens (including phenoxy) is 1. The quantitative estimate of drug-likeness (QED) is 0.470. The Balaban J connectivity index is 1.46. The number of thiazole rings is 1. The number of nitrogens with zero attached hydrogens (tertiary/aromatic N) is 3. The standard InChI is InChI=1S/C20H18N4O2S2/c1-13(18(25)23-19-22-16-5-3-4-6-17(16)28-19)27-20-21-11-12-24(20)14-7-9-15(26-2)10-8-14/h3-13H,1-2H3,(H,22,23,25). The van der Waals surface area contributed by atoms with E-state index in [0.29, 0.717) is 5.13 Å². The summed E-state index contributed by atoms with van der Waals surface area (Å²) in [5.74, 6) is 0.690. The average Bonchev–Trinajstić information content (AvgIpc) is 3.34. The van der Waals surface area contributed by atoms with Crippen molar-refractivity contribution in [2.45, 2.75) is 17.3 Å². The van der Waals surface area contributed by atoms with Gasteiger partial charge in [0.15, 0.2) is 10.3 Å². The Labute approximate surface area is 170 Å². The minimum Gasteiger partial charge on any atom is -0.497 e. The van der Waals surface area contributed by atoms with Gasteiger partial charge in [0.05, 0.1) is 22.6 Å². The Morgan fingerprint density at radius 1 is 1.21 bits per heavy atom. The SMILES string of the molecule is COc1ccc(-n2ccnc2SC(C)C(=O)Nc2nc3ccccc3s2)cc1. The highest BCUT2D eigenvalue weighted by atomic mass is 32.2. The third kappa shape index (κ3) is 3.88. The predicted octanol–water partition coefficient (Wildman–Crippen LogP) is 4.61. The molecule has 0 aliphatic carbocycles. The maximum atomic E-state index is 12.6. The second kappa shape index (κ2) is 8.04. The number of methoxy groups -OCH3 is 1. The zero-order chi connectivity index (χ0) is 19.5. The van der Waals surface area contributed by atoms with Gasteiger partial charge in [-0.2, -0.15) is 0 Å². The van der Waals surface area contributed by atoms with Crippen LogP contribution in [-0.4, -0.2) is 32.8 Å². The van der Waals surface area contributed by atoms with Crippen molar-refractivity contribution >= 4 is 44.4 Å². The third-order valence-corrected chi connectivity index (χ3v) is 6.17. The van der Waals surface area contributed by atoms with E-state index in [9.17, 15) is 4.79 Å². The molecular weight excluding hydrogens is 392 g/mol. The van der Waals surface area contributed by atoms with E-state index in [4.69, 9.17) is 4.74 Å². The van der Waals surface area contributed by atoms with Gasteiger partial charge in [-0.1, -0.05) is 35.2 Å². The molecule has 6 nitrogen and oxygen atoms in total. The largest absolute Gasteiger partial charge is 0.497 e. The minimum absolute atomic E-state index is 0.103. The molecule has 0 saturated heterocycles. The number of fused-ring (bicyclic) bond motifs is 1. The number of aromatic nitrogens is 3. The van der Waals surface area contributed by atoms with Crippen molar-refractivity contribution in [2.75, 3.05) is 12.4 Å². The fourth-order valence-electron chi connectivity index (χ4n) is 2.66. The number of hydrogen-bond donors (Lipinski definition) is 1. The van der Waals surface area contributed by atoms with E-state index in [1.807, 2.05) is 66.2 Å². The number of anilines is 1. The predicted molar refractivity (Wildman–Crippen MR) is 114 cm³/mol. The molecule has 2 aromatic carbocycles. The molecule has 0 bridgehead atoms. The van der Waals surface area contributed by atoms with Crippen molar-refractivity contribution in [2.24, 2.45) is 0 Å². The summed E-state index contributed by atoms with van der Waals surface area (Å²) in [6.07, 6.45) is 3.60. The summed E-state index contributed by atoms with van der Waals surface area (Å²) in [5.41, 5.74) is 1.85. The molecule has 1 amide bonds. The fourth-order valence-corrected chi connectivity index (χ4v) is 4.41. The van der Waals surface area contributed by atoms with Crippen LogP contribution in [0.3, 0.4) is 0 Å². The highest BCUT2D eigenvalue weighted by Crippen LogP contribution is 2.28. The van der Waals surface area contributed by atoms with Gasteiger partial charge in [-0.15, -0.1) is 0 Å². The van der Waals surface area contributed by atoms with Gasteiger partial charge < -0.3 is 10.1 Å². The number of carbonyl (C=O) groups excluding carboxylic acids is 1. The topological polar surface area (TPSA) is 69.0 Å². The van der Waals surface area contributed by atoms with Gasteiger partial charge in [0.25, 0.3) is 0 Å². The average molecular weight is 411 g/mol. The first kappa shape index (κ1) is 18.5. The summed E-state index contributed by atoms with van der Waals surface area (Å²) in [6, 6.07) is 15.5. The van der Waals surface area contributed by atoms with Gasteiger partial charge in [-0.25, -0.2) is 9.97 Å². The first-order chi connectivity index (χ1) is 13.6. The van der Waals surface area contributed by atoms with Crippen molar-refractivity contribution in [1.29, 1.82) is 0 Å². The van der Waals surface area contributed by atoms with Crippen molar-refractivity contribution < 1.29 is 9.53 Å². The van der Waals surface area contributed by atoms with Crippen LogP contribution in [0.1, 0.15) is 6.92 Å². The number of imidazole rings is 1. The number of rotatable bonds is 6. The summed E-state index contributed by atoms with van der Waals surface area (Å²) in [6.45, 7) is 1.86. The Morgan fingerprint density at radius 3 is 2.75 bits per heavy atom. The molecule has 1 N–H and O–H groups in total. The molecule has 0 spiro atoms. The molecule has 1 atom stereocenters. The molecule has 4 rings (SSSR count). The summed E-state index contributed by atoms with van der Waals surface area (Å²) in [4.78, 5) is 21.5. The summed E-state index contributed by atoms with van der Waals surface area (Å²) < 4.78 is 8.20. The zero-order valence-corrected chi connectivity index (χ0v) is 17.0. The van der Waals surface area contributed by atoms with Gasteiger partial charge in [0, 0.05) is 18.1 Å².